The third kappa shape index (κ3) is 7.81. The Morgan fingerprint density at radius 2 is 0.839 bits per heavy atom. The highest BCUT2D eigenvalue weighted by Crippen LogP contribution is 2.45. The van der Waals surface area contributed by atoms with Crippen LogP contribution in [0, 0.1) is 0 Å². The molecule has 0 atom stereocenters. The Labute approximate surface area is 203 Å². The van der Waals surface area contributed by atoms with Gasteiger partial charge in [-0.1, -0.05) is 41.5 Å². The van der Waals surface area contributed by atoms with E-state index in [1.165, 1.54) is 9.79 Å². The maximum Gasteiger partial charge on any atom is 0.250 e. The predicted octanol–water partition coefficient (Wildman–Crippen LogP) is 9.90. The fraction of sp³-hybridized carbons (Fsp3) is 0.500. The summed E-state index contributed by atoms with van der Waals surface area (Å²) in [5.41, 5.74) is 0. The Kier molecular flexibility index (Phi) is 8.81. The predicted molar refractivity (Wildman–Crippen MR) is 148 cm³/mol. The molecule has 172 valence electrons. The molecule has 0 amide bonds. The minimum Gasteiger partial charge on any atom is -0.544 e. The molecule has 2 rings (SSSR count). The van der Waals surface area contributed by atoms with Gasteiger partial charge in [-0.3, -0.25) is 0 Å². The van der Waals surface area contributed by atoms with Crippen LogP contribution in [0.25, 0.3) is 0 Å². The van der Waals surface area contributed by atoms with Gasteiger partial charge in [-0.05, 0) is 116 Å². The second-order valence-corrected chi connectivity index (χ2v) is 24.4. The van der Waals surface area contributed by atoms with Crippen molar-refractivity contribution < 1.29 is 8.85 Å². The molecule has 0 aliphatic rings. The molecule has 0 unspecified atom stereocenters. The number of hydrogen-bond acceptors (Lipinski definition) is 5. The molecule has 2 nitrogen and oxygen atoms in total. The van der Waals surface area contributed by atoms with Crippen molar-refractivity contribution in [3.63, 3.8) is 0 Å². The van der Waals surface area contributed by atoms with Gasteiger partial charge >= 0.3 is 0 Å². The molecule has 0 bridgehead atoms. The summed E-state index contributed by atoms with van der Waals surface area (Å²) in [6, 6.07) is 17.0. The molecule has 2 aromatic carbocycles. The summed E-state index contributed by atoms with van der Waals surface area (Å²) in [6.45, 7) is 22.7. The highest BCUT2D eigenvalue weighted by Gasteiger charge is 2.39. The van der Waals surface area contributed by atoms with Gasteiger partial charge in [0.25, 0.3) is 0 Å². The largest absolute Gasteiger partial charge is 0.544 e. The molecule has 0 saturated carbocycles. The molecule has 0 aliphatic heterocycles. The Morgan fingerprint density at radius 3 is 1.10 bits per heavy atom. The van der Waals surface area contributed by atoms with E-state index >= 15 is 0 Å². The molecule has 31 heavy (non-hydrogen) atoms. The van der Waals surface area contributed by atoms with Crippen molar-refractivity contribution in [1.82, 2.24) is 0 Å². The van der Waals surface area contributed by atoms with E-state index in [4.69, 9.17) is 8.85 Å². The topological polar surface area (TPSA) is 18.5 Å². The average Bonchev–Trinajstić information content (AvgIpc) is 2.62. The van der Waals surface area contributed by atoms with Crippen molar-refractivity contribution in [2.45, 2.75) is 87.6 Å². The zero-order valence-corrected chi connectivity index (χ0v) is 25.1. The minimum absolute atomic E-state index is 0.207. The summed E-state index contributed by atoms with van der Waals surface area (Å²) in [5, 5.41) is 0.413. The van der Waals surface area contributed by atoms with Crippen LogP contribution < -0.4 is 8.85 Å². The third-order valence-electron chi connectivity index (χ3n) is 6.27. The summed E-state index contributed by atoms with van der Waals surface area (Å²) < 4.78 is 12.7. The van der Waals surface area contributed by atoms with Gasteiger partial charge in [-0.15, -0.1) is 0 Å². The lowest BCUT2D eigenvalue weighted by Gasteiger charge is -2.36. The first-order valence-electron chi connectivity index (χ1n) is 10.7. The number of hydrogen-bond donors (Lipinski definition) is 0. The van der Waals surface area contributed by atoms with Crippen LogP contribution in [-0.4, -0.2) is 16.6 Å². The van der Waals surface area contributed by atoms with Crippen LogP contribution in [0.2, 0.25) is 36.3 Å². The van der Waals surface area contributed by atoms with Gasteiger partial charge < -0.3 is 8.85 Å². The van der Waals surface area contributed by atoms with Crippen LogP contribution in [0.15, 0.2) is 58.3 Å². The molecule has 0 saturated heterocycles. The van der Waals surface area contributed by atoms with Crippen molar-refractivity contribution in [2.75, 3.05) is 0 Å². The summed E-state index contributed by atoms with van der Waals surface area (Å²) >= 11 is 0. The van der Waals surface area contributed by atoms with Gasteiger partial charge in [0.15, 0.2) is 0 Å². The number of rotatable bonds is 8. The molecule has 0 N–H and O–H groups in total. The summed E-state index contributed by atoms with van der Waals surface area (Å²) in [4.78, 5) is 2.47. The second-order valence-electron chi connectivity index (χ2n) is 10.9. The fourth-order valence-corrected chi connectivity index (χ4v) is 7.83. The Bertz CT molecular complexity index is 766. The molecule has 0 fully saturated rings. The van der Waals surface area contributed by atoms with Crippen molar-refractivity contribution in [3.8, 4) is 11.5 Å². The number of benzene rings is 2. The monoisotopic (exact) mass is 510 g/mol. The van der Waals surface area contributed by atoms with E-state index in [9.17, 15) is 0 Å². The molecule has 0 aromatic heterocycles. The van der Waals surface area contributed by atoms with Gasteiger partial charge in [0.2, 0.25) is 16.6 Å². The maximum atomic E-state index is 6.37. The van der Waals surface area contributed by atoms with Crippen LogP contribution in [0.4, 0.5) is 0 Å². The van der Waals surface area contributed by atoms with Crippen LogP contribution in [-0.2, 0) is 0 Å². The van der Waals surface area contributed by atoms with E-state index < -0.39 is 16.6 Å². The van der Waals surface area contributed by atoms with E-state index in [1.807, 2.05) is 0 Å². The lowest BCUT2D eigenvalue weighted by Crippen LogP contribution is -2.43. The van der Waals surface area contributed by atoms with Crippen LogP contribution in [0.1, 0.15) is 41.5 Å². The van der Waals surface area contributed by atoms with Crippen molar-refractivity contribution >= 4 is 48.0 Å². The van der Waals surface area contributed by atoms with E-state index in [-0.39, 0.29) is 10.1 Å². The van der Waals surface area contributed by atoms with Crippen molar-refractivity contribution in [1.29, 1.82) is 0 Å². The highest BCUT2D eigenvalue weighted by atomic mass is 33.5. The maximum absolute atomic E-state index is 6.37. The molecular formula is C24H38O2S3Si2. The highest BCUT2D eigenvalue weighted by molar-refractivity contribution is 9.09. The van der Waals surface area contributed by atoms with Crippen LogP contribution >= 0.6 is 31.4 Å². The second kappa shape index (κ2) is 10.2. The van der Waals surface area contributed by atoms with Crippen LogP contribution in [0.5, 0.6) is 11.5 Å². The molecule has 0 spiro atoms. The molecule has 0 heterocycles. The minimum atomic E-state index is -1.79. The van der Waals surface area contributed by atoms with Gasteiger partial charge in [-0.2, -0.15) is 0 Å². The zero-order valence-electron chi connectivity index (χ0n) is 20.7. The molecule has 0 radical (unpaired) electrons. The van der Waals surface area contributed by atoms with Gasteiger partial charge in [0.1, 0.15) is 11.5 Å². The Morgan fingerprint density at radius 1 is 0.548 bits per heavy atom. The first kappa shape index (κ1) is 26.8. The van der Waals surface area contributed by atoms with Crippen molar-refractivity contribution in [3.05, 3.63) is 48.5 Å². The fourth-order valence-electron chi connectivity index (χ4n) is 2.12. The molecule has 0 aliphatic carbocycles. The molecular weight excluding hydrogens is 473 g/mol. The quantitative estimate of drug-likeness (QED) is 0.259. The van der Waals surface area contributed by atoms with E-state index in [2.05, 4.69) is 116 Å². The summed E-state index contributed by atoms with van der Waals surface area (Å²) in [7, 11) is 1.75. The van der Waals surface area contributed by atoms with Gasteiger partial charge in [0.05, 0.1) is 0 Å². The molecule has 2 aromatic rings. The summed E-state index contributed by atoms with van der Waals surface area (Å²) in [5.74, 6) is 1.96. The average molecular weight is 511 g/mol. The standard InChI is InChI=1S/C24H38O2S3Si2/c1-23(2,3)30(7,8)25-19-11-15-21(16-12-19)27-29-28-22-17-13-20(14-18-22)26-31(9,10)24(4,5)6/h11-18H,1-10H3. The van der Waals surface area contributed by atoms with Crippen LogP contribution in [0.3, 0.4) is 0 Å². The van der Waals surface area contributed by atoms with Gasteiger partial charge in [0, 0.05) is 9.79 Å². The Balaban J connectivity index is 1.86. The first-order chi connectivity index (χ1) is 14.1. The van der Waals surface area contributed by atoms with E-state index in [1.54, 1.807) is 31.4 Å². The van der Waals surface area contributed by atoms with Gasteiger partial charge in [-0.25, -0.2) is 0 Å². The third-order valence-corrected chi connectivity index (χ3v) is 18.8. The lowest BCUT2D eigenvalue weighted by molar-refractivity contribution is 0.491. The smallest absolute Gasteiger partial charge is 0.250 e. The molecule has 7 heteroatoms. The van der Waals surface area contributed by atoms with E-state index in [0.29, 0.717) is 0 Å². The first-order valence-corrected chi connectivity index (χ1v) is 20.0. The summed E-state index contributed by atoms with van der Waals surface area (Å²) in [6.07, 6.45) is 0. The van der Waals surface area contributed by atoms with Crippen molar-refractivity contribution in [2.24, 2.45) is 0 Å². The lowest BCUT2D eigenvalue weighted by atomic mass is 10.2. The zero-order chi connectivity index (χ0) is 23.5. The van der Waals surface area contributed by atoms with E-state index in [0.717, 1.165) is 11.5 Å². The normalized spacial score (nSPS) is 13.2. The Hall–Kier alpha value is -0.476. The SMILES string of the molecule is CC(C)(C)[Si](C)(C)Oc1ccc(SSSc2ccc(O[Si](C)(C)C(C)(C)C)cc2)cc1.